The van der Waals surface area contributed by atoms with Gasteiger partial charge in [0.25, 0.3) is 0 Å². The largest absolute Gasteiger partial charge is 0.384 e. The second kappa shape index (κ2) is 5.50. The Kier molecular flexibility index (Phi) is 4.00. The summed E-state index contributed by atoms with van der Waals surface area (Å²) in [4.78, 5) is 2.45. The van der Waals surface area contributed by atoms with Crippen LogP contribution in [0.3, 0.4) is 0 Å². The van der Waals surface area contributed by atoms with Crippen molar-refractivity contribution in [3.63, 3.8) is 0 Å². The van der Waals surface area contributed by atoms with Crippen molar-refractivity contribution < 1.29 is 4.39 Å². The van der Waals surface area contributed by atoms with Gasteiger partial charge in [-0.2, -0.15) is 0 Å². The standard InChI is InChI=1S/C14H21FN2/c1-3-17(4-2)10-11-7-12-5-6-13(15)8-14(12)16-9-11/h5-6,8,11,16H,3-4,7,9-10H2,1-2H3. The van der Waals surface area contributed by atoms with Crippen molar-refractivity contribution in [1.29, 1.82) is 0 Å². The van der Waals surface area contributed by atoms with Gasteiger partial charge in [0.2, 0.25) is 0 Å². The van der Waals surface area contributed by atoms with E-state index >= 15 is 0 Å². The van der Waals surface area contributed by atoms with Gasteiger partial charge < -0.3 is 10.2 Å². The highest BCUT2D eigenvalue weighted by Gasteiger charge is 2.19. The predicted molar refractivity (Wildman–Crippen MR) is 69.9 cm³/mol. The highest BCUT2D eigenvalue weighted by molar-refractivity contribution is 5.53. The first-order valence-corrected chi connectivity index (χ1v) is 6.47. The van der Waals surface area contributed by atoms with Crippen LogP contribution in [0.25, 0.3) is 0 Å². The van der Waals surface area contributed by atoms with Crippen molar-refractivity contribution >= 4 is 5.69 Å². The van der Waals surface area contributed by atoms with E-state index in [0.717, 1.165) is 38.3 Å². The molecule has 1 aromatic rings. The van der Waals surface area contributed by atoms with Crippen LogP contribution < -0.4 is 5.32 Å². The van der Waals surface area contributed by atoms with E-state index in [9.17, 15) is 4.39 Å². The number of halogens is 1. The Hall–Kier alpha value is -1.09. The Balaban J connectivity index is 2.01. The molecule has 0 radical (unpaired) electrons. The fraction of sp³-hybridized carbons (Fsp3) is 0.571. The summed E-state index contributed by atoms with van der Waals surface area (Å²) in [7, 11) is 0. The third-order valence-electron chi connectivity index (χ3n) is 3.57. The number of nitrogens with zero attached hydrogens (tertiary/aromatic N) is 1. The van der Waals surface area contributed by atoms with Gasteiger partial charge in [-0.1, -0.05) is 19.9 Å². The fourth-order valence-corrected chi connectivity index (χ4v) is 2.50. The van der Waals surface area contributed by atoms with Crippen molar-refractivity contribution in [1.82, 2.24) is 4.90 Å². The molecule has 1 atom stereocenters. The van der Waals surface area contributed by atoms with E-state index < -0.39 is 0 Å². The van der Waals surface area contributed by atoms with Crippen LogP contribution in [0.5, 0.6) is 0 Å². The molecule has 0 fully saturated rings. The first-order chi connectivity index (χ1) is 8.22. The fourth-order valence-electron chi connectivity index (χ4n) is 2.50. The summed E-state index contributed by atoms with van der Waals surface area (Å²) >= 11 is 0. The van der Waals surface area contributed by atoms with Gasteiger partial charge in [-0.25, -0.2) is 4.39 Å². The predicted octanol–water partition coefficient (Wildman–Crippen LogP) is 2.75. The summed E-state index contributed by atoms with van der Waals surface area (Å²) in [5, 5.41) is 3.34. The first-order valence-electron chi connectivity index (χ1n) is 6.47. The Morgan fingerprint density at radius 3 is 2.82 bits per heavy atom. The molecule has 0 saturated heterocycles. The van der Waals surface area contributed by atoms with E-state index in [0.29, 0.717) is 5.92 Å². The number of hydrogen-bond acceptors (Lipinski definition) is 2. The van der Waals surface area contributed by atoms with Crippen LogP contribution in [0.2, 0.25) is 0 Å². The molecule has 94 valence electrons. The highest BCUT2D eigenvalue weighted by Crippen LogP contribution is 2.25. The Bertz CT molecular complexity index is 374. The molecule has 0 amide bonds. The SMILES string of the molecule is CCN(CC)CC1CNc2cc(F)ccc2C1. The van der Waals surface area contributed by atoms with Crippen LogP contribution in [0.4, 0.5) is 10.1 Å². The zero-order valence-corrected chi connectivity index (χ0v) is 10.7. The molecule has 1 unspecified atom stereocenters. The van der Waals surface area contributed by atoms with Gasteiger partial charge in [0, 0.05) is 18.8 Å². The third-order valence-corrected chi connectivity index (χ3v) is 3.57. The van der Waals surface area contributed by atoms with E-state index in [1.165, 1.54) is 5.56 Å². The summed E-state index contributed by atoms with van der Waals surface area (Å²) in [6.45, 7) is 8.67. The summed E-state index contributed by atoms with van der Waals surface area (Å²) in [6, 6.07) is 5.06. The van der Waals surface area contributed by atoms with Crippen LogP contribution in [0.15, 0.2) is 18.2 Å². The summed E-state index contributed by atoms with van der Waals surface area (Å²) < 4.78 is 13.1. The molecule has 1 aliphatic rings. The van der Waals surface area contributed by atoms with Crippen LogP contribution >= 0.6 is 0 Å². The summed E-state index contributed by atoms with van der Waals surface area (Å²) in [5.41, 5.74) is 2.22. The van der Waals surface area contributed by atoms with Gasteiger partial charge >= 0.3 is 0 Å². The number of anilines is 1. The topological polar surface area (TPSA) is 15.3 Å². The van der Waals surface area contributed by atoms with Gasteiger partial charge in [0.1, 0.15) is 5.82 Å². The van der Waals surface area contributed by atoms with E-state index in [4.69, 9.17) is 0 Å². The third kappa shape index (κ3) is 2.97. The second-order valence-corrected chi connectivity index (χ2v) is 4.74. The van der Waals surface area contributed by atoms with Gasteiger partial charge in [0.15, 0.2) is 0 Å². The number of hydrogen-bond donors (Lipinski definition) is 1. The Morgan fingerprint density at radius 2 is 2.12 bits per heavy atom. The minimum absolute atomic E-state index is 0.154. The average Bonchev–Trinajstić information content (AvgIpc) is 2.36. The molecular formula is C14H21FN2. The Labute approximate surface area is 103 Å². The van der Waals surface area contributed by atoms with Gasteiger partial charge in [0.05, 0.1) is 0 Å². The van der Waals surface area contributed by atoms with Gasteiger partial charge in [-0.05, 0) is 43.1 Å². The summed E-state index contributed by atoms with van der Waals surface area (Å²) in [5.74, 6) is 0.478. The molecule has 1 N–H and O–H groups in total. The van der Waals surface area contributed by atoms with Crippen LogP contribution in [-0.4, -0.2) is 31.1 Å². The maximum absolute atomic E-state index is 13.1. The smallest absolute Gasteiger partial charge is 0.125 e. The van der Waals surface area contributed by atoms with E-state index in [1.54, 1.807) is 12.1 Å². The molecular weight excluding hydrogens is 215 g/mol. The van der Waals surface area contributed by atoms with Crippen molar-refractivity contribution in [3.05, 3.63) is 29.6 Å². The maximum atomic E-state index is 13.1. The molecule has 0 saturated carbocycles. The maximum Gasteiger partial charge on any atom is 0.125 e. The minimum Gasteiger partial charge on any atom is -0.384 e. The molecule has 2 nitrogen and oxygen atoms in total. The molecule has 2 rings (SSSR count). The lowest BCUT2D eigenvalue weighted by atomic mass is 9.93. The lowest BCUT2D eigenvalue weighted by Crippen LogP contribution is -2.35. The minimum atomic E-state index is -0.154. The van der Waals surface area contributed by atoms with E-state index in [2.05, 4.69) is 24.1 Å². The van der Waals surface area contributed by atoms with Crippen molar-refractivity contribution in [2.75, 3.05) is 31.5 Å². The molecule has 0 spiro atoms. The van der Waals surface area contributed by atoms with Crippen molar-refractivity contribution in [2.45, 2.75) is 20.3 Å². The number of rotatable bonds is 4. The van der Waals surface area contributed by atoms with Gasteiger partial charge in [-0.3, -0.25) is 0 Å². The lowest BCUT2D eigenvalue weighted by molar-refractivity contribution is 0.254. The van der Waals surface area contributed by atoms with Crippen LogP contribution in [0.1, 0.15) is 19.4 Å². The quantitative estimate of drug-likeness (QED) is 0.864. The molecule has 0 aliphatic carbocycles. The normalized spacial score (nSPS) is 18.9. The van der Waals surface area contributed by atoms with Crippen molar-refractivity contribution in [2.24, 2.45) is 5.92 Å². The van der Waals surface area contributed by atoms with E-state index in [-0.39, 0.29) is 5.82 Å². The Morgan fingerprint density at radius 1 is 1.35 bits per heavy atom. The summed E-state index contributed by atoms with van der Waals surface area (Å²) in [6.07, 6.45) is 1.05. The lowest BCUT2D eigenvalue weighted by Gasteiger charge is -2.30. The zero-order valence-electron chi connectivity index (χ0n) is 10.7. The molecule has 0 bridgehead atoms. The number of nitrogens with one attached hydrogen (secondary N) is 1. The van der Waals surface area contributed by atoms with Crippen LogP contribution in [-0.2, 0) is 6.42 Å². The highest BCUT2D eigenvalue weighted by atomic mass is 19.1. The monoisotopic (exact) mass is 236 g/mol. The zero-order chi connectivity index (χ0) is 12.3. The molecule has 0 aromatic heterocycles. The molecule has 1 aliphatic heterocycles. The molecule has 17 heavy (non-hydrogen) atoms. The average molecular weight is 236 g/mol. The molecule has 1 aromatic carbocycles. The van der Waals surface area contributed by atoms with E-state index in [1.807, 2.05) is 6.07 Å². The second-order valence-electron chi connectivity index (χ2n) is 4.74. The van der Waals surface area contributed by atoms with Gasteiger partial charge in [-0.15, -0.1) is 0 Å². The van der Waals surface area contributed by atoms with Crippen LogP contribution in [0, 0.1) is 11.7 Å². The first kappa shape index (κ1) is 12.4. The molecule has 1 heterocycles. The van der Waals surface area contributed by atoms with Crippen molar-refractivity contribution in [3.8, 4) is 0 Å². The molecule has 3 heteroatoms. The number of benzene rings is 1. The number of fused-ring (bicyclic) bond motifs is 1.